The fourth-order valence-corrected chi connectivity index (χ4v) is 2.44. The summed E-state index contributed by atoms with van der Waals surface area (Å²) < 4.78 is 5.56. The van der Waals surface area contributed by atoms with Crippen molar-refractivity contribution in [3.63, 3.8) is 0 Å². The largest absolute Gasteiger partial charge is 0.463 e. The number of aryl methyl sites for hydroxylation is 2. The molecule has 0 aliphatic heterocycles. The maximum absolute atomic E-state index is 5.75. The van der Waals surface area contributed by atoms with Gasteiger partial charge in [-0.2, -0.15) is 4.98 Å². The lowest BCUT2D eigenvalue weighted by molar-refractivity contribution is 0.295. The van der Waals surface area contributed by atoms with Crippen LogP contribution >= 0.6 is 22.9 Å². The Labute approximate surface area is 115 Å². The molecule has 0 amide bonds. The Morgan fingerprint density at radius 3 is 2.83 bits per heavy atom. The minimum Gasteiger partial charge on any atom is -0.463 e. The lowest BCUT2D eigenvalue weighted by Crippen LogP contribution is -2.06. The summed E-state index contributed by atoms with van der Waals surface area (Å²) in [6.07, 6.45) is 0.823. The zero-order valence-corrected chi connectivity index (χ0v) is 11.9. The van der Waals surface area contributed by atoms with Gasteiger partial charge in [-0.15, -0.1) is 22.9 Å². The highest BCUT2D eigenvalue weighted by molar-refractivity contribution is 7.09. The zero-order chi connectivity index (χ0) is 13.0. The van der Waals surface area contributed by atoms with E-state index in [1.54, 1.807) is 11.3 Å². The predicted octanol–water partition coefficient (Wildman–Crippen LogP) is 2.91. The number of alkyl halides is 1. The van der Waals surface area contributed by atoms with Gasteiger partial charge in [0.05, 0.1) is 29.4 Å². The van der Waals surface area contributed by atoms with E-state index in [9.17, 15) is 0 Å². The fourth-order valence-electron chi connectivity index (χ4n) is 1.54. The van der Waals surface area contributed by atoms with E-state index in [1.807, 2.05) is 25.4 Å². The van der Waals surface area contributed by atoms with Gasteiger partial charge >= 0.3 is 6.01 Å². The standard InChI is InChI=1S/C12H14ClN3OS/c1-8-5-10(6-13)16-12(15-8)17-4-3-11-9(2)14-7-18-11/h5,7H,3-4,6H2,1-2H3. The van der Waals surface area contributed by atoms with E-state index in [4.69, 9.17) is 16.3 Å². The van der Waals surface area contributed by atoms with Crippen LogP contribution in [0.3, 0.4) is 0 Å². The molecule has 0 fully saturated rings. The SMILES string of the molecule is Cc1cc(CCl)nc(OCCc2scnc2C)n1. The van der Waals surface area contributed by atoms with E-state index in [0.29, 0.717) is 18.5 Å². The summed E-state index contributed by atoms with van der Waals surface area (Å²) in [5, 5.41) is 0. The monoisotopic (exact) mass is 283 g/mol. The normalized spacial score (nSPS) is 10.6. The van der Waals surface area contributed by atoms with Crippen molar-refractivity contribution in [3.05, 3.63) is 33.5 Å². The van der Waals surface area contributed by atoms with Crippen molar-refractivity contribution in [2.45, 2.75) is 26.1 Å². The molecular formula is C12H14ClN3OS. The van der Waals surface area contributed by atoms with Crippen molar-refractivity contribution >= 4 is 22.9 Å². The van der Waals surface area contributed by atoms with E-state index < -0.39 is 0 Å². The van der Waals surface area contributed by atoms with Gasteiger partial charge in [0.1, 0.15) is 0 Å². The Kier molecular flexibility index (Phi) is 4.49. The van der Waals surface area contributed by atoms with E-state index in [0.717, 1.165) is 23.5 Å². The van der Waals surface area contributed by atoms with Crippen LogP contribution < -0.4 is 4.74 Å². The molecular weight excluding hydrogens is 270 g/mol. The van der Waals surface area contributed by atoms with Crippen molar-refractivity contribution in [1.82, 2.24) is 15.0 Å². The average molecular weight is 284 g/mol. The van der Waals surface area contributed by atoms with Crippen LogP contribution in [0.2, 0.25) is 0 Å². The molecule has 4 nitrogen and oxygen atoms in total. The smallest absolute Gasteiger partial charge is 0.316 e. The zero-order valence-electron chi connectivity index (χ0n) is 10.3. The summed E-state index contributed by atoms with van der Waals surface area (Å²) in [5.41, 5.74) is 4.56. The molecule has 0 unspecified atom stereocenters. The molecule has 2 aromatic rings. The van der Waals surface area contributed by atoms with Crippen LogP contribution in [0, 0.1) is 13.8 Å². The van der Waals surface area contributed by atoms with Gasteiger partial charge in [0.25, 0.3) is 0 Å². The molecule has 96 valence electrons. The Hall–Kier alpha value is -1.20. The van der Waals surface area contributed by atoms with E-state index >= 15 is 0 Å². The van der Waals surface area contributed by atoms with Gasteiger partial charge < -0.3 is 4.74 Å². The van der Waals surface area contributed by atoms with Gasteiger partial charge in [-0.3, -0.25) is 0 Å². The molecule has 0 N–H and O–H groups in total. The number of halogens is 1. The lowest BCUT2D eigenvalue weighted by atomic mass is 10.3. The van der Waals surface area contributed by atoms with E-state index in [1.165, 1.54) is 4.88 Å². The summed E-state index contributed by atoms with van der Waals surface area (Å²) >= 11 is 7.40. The molecule has 0 saturated heterocycles. The first-order chi connectivity index (χ1) is 8.69. The third-order valence-corrected chi connectivity index (χ3v) is 3.70. The summed E-state index contributed by atoms with van der Waals surface area (Å²) in [6.45, 7) is 4.45. The van der Waals surface area contributed by atoms with E-state index in [2.05, 4.69) is 15.0 Å². The lowest BCUT2D eigenvalue weighted by Gasteiger charge is -2.06. The number of hydrogen-bond donors (Lipinski definition) is 0. The second-order valence-corrected chi connectivity index (χ2v) is 5.08. The minimum atomic E-state index is 0.369. The molecule has 2 aromatic heterocycles. The van der Waals surface area contributed by atoms with Crippen LogP contribution in [-0.2, 0) is 12.3 Å². The maximum Gasteiger partial charge on any atom is 0.316 e. The Morgan fingerprint density at radius 2 is 2.17 bits per heavy atom. The molecule has 6 heteroatoms. The molecule has 0 saturated carbocycles. The minimum absolute atomic E-state index is 0.369. The highest BCUT2D eigenvalue weighted by Gasteiger charge is 2.05. The quantitative estimate of drug-likeness (QED) is 0.792. The summed E-state index contributed by atoms with van der Waals surface area (Å²) in [4.78, 5) is 13.9. The number of hydrogen-bond acceptors (Lipinski definition) is 5. The molecule has 0 atom stereocenters. The molecule has 2 rings (SSSR count). The number of nitrogens with zero attached hydrogens (tertiary/aromatic N) is 3. The first-order valence-electron chi connectivity index (χ1n) is 5.61. The van der Waals surface area contributed by atoms with Crippen LogP contribution in [0.25, 0.3) is 0 Å². The van der Waals surface area contributed by atoms with Crippen LogP contribution in [0.5, 0.6) is 6.01 Å². The van der Waals surface area contributed by atoms with Crippen molar-refractivity contribution in [3.8, 4) is 6.01 Å². The second kappa shape index (κ2) is 6.11. The number of aromatic nitrogens is 3. The molecule has 0 aliphatic rings. The summed E-state index contributed by atoms with van der Waals surface area (Å²) in [6, 6.07) is 2.25. The third-order valence-electron chi connectivity index (χ3n) is 2.43. The first kappa shape index (κ1) is 13.2. The Bertz CT molecular complexity index is 530. The molecule has 18 heavy (non-hydrogen) atoms. The maximum atomic E-state index is 5.75. The van der Waals surface area contributed by atoms with Gasteiger partial charge in [0.15, 0.2) is 0 Å². The molecule has 2 heterocycles. The third kappa shape index (κ3) is 3.40. The van der Waals surface area contributed by atoms with Crippen LogP contribution in [0.1, 0.15) is 22.0 Å². The van der Waals surface area contributed by atoms with Crippen molar-refractivity contribution in [2.75, 3.05) is 6.61 Å². The van der Waals surface area contributed by atoms with Crippen molar-refractivity contribution < 1.29 is 4.74 Å². The first-order valence-corrected chi connectivity index (χ1v) is 7.02. The number of rotatable bonds is 5. The Balaban J connectivity index is 1.94. The molecule has 0 spiro atoms. The summed E-state index contributed by atoms with van der Waals surface area (Å²) in [5.74, 6) is 0.369. The van der Waals surface area contributed by atoms with Crippen LogP contribution in [0.4, 0.5) is 0 Å². The molecule has 0 aliphatic carbocycles. The topological polar surface area (TPSA) is 47.9 Å². The van der Waals surface area contributed by atoms with Gasteiger partial charge in [-0.1, -0.05) is 0 Å². The fraction of sp³-hybridized carbons (Fsp3) is 0.417. The van der Waals surface area contributed by atoms with Gasteiger partial charge in [0.2, 0.25) is 0 Å². The van der Waals surface area contributed by atoms with Gasteiger partial charge in [-0.05, 0) is 19.9 Å². The number of ether oxygens (including phenoxy) is 1. The Morgan fingerprint density at radius 1 is 1.33 bits per heavy atom. The second-order valence-electron chi connectivity index (χ2n) is 3.88. The van der Waals surface area contributed by atoms with Gasteiger partial charge in [-0.25, -0.2) is 9.97 Å². The highest BCUT2D eigenvalue weighted by Crippen LogP contribution is 2.14. The van der Waals surface area contributed by atoms with Crippen LogP contribution in [-0.4, -0.2) is 21.6 Å². The highest BCUT2D eigenvalue weighted by atomic mass is 35.5. The predicted molar refractivity (Wildman–Crippen MR) is 72.4 cm³/mol. The van der Waals surface area contributed by atoms with Gasteiger partial charge in [0, 0.05) is 17.0 Å². The summed E-state index contributed by atoms with van der Waals surface area (Å²) in [7, 11) is 0. The molecule has 0 bridgehead atoms. The van der Waals surface area contributed by atoms with Crippen LogP contribution in [0.15, 0.2) is 11.6 Å². The van der Waals surface area contributed by atoms with Crippen molar-refractivity contribution in [2.24, 2.45) is 0 Å². The van der Waals surface area contributed by atoms with Crippen molar-refractivity contribution in [1.29, 1.82) is 0 Å². The molecule has 0 radical (unpaired) electrons. The number of thiazole rings is 1. The molecule has 0 aromatic carbocycles. The van der Waals surface area contributed by atoms with E-state index in [-0.39, 0.29) is 0 Å². The average Bonchev–Trinajstić information content (AvgIpc) is 2.74.